The van der Waals surface area contributed by atoms with E-state index in [1.165, 1.54) is 23.1 Å². The smallest absolute Gasteiger partial charge is 0.258 e. The molecule has 2 heterocycles. The molecule has 0 saturated heterocycles. The number of aromatic nitrogens is 2. The van der Waals surface area contributed by atoms with Crippen LogP contribution in [0.3, 0.4) is 0 Å². The molecule has 0 spiro atoms. The second-order valence-electron chi connectivity index (χ2n) is 6.55. The number of para-hydroxylation sites is 1. The van der Waals surface area contributed by atoms with Crippen molar-refractivity contribution in [2.24, 2.45) is 0 Å². The number of thiazole rings is 1. The van der Waals surface area contributed by atoms with Crippen molar-refractivity contribution < 1.29 is 9.53 Å². The molecule has 152 valence electrons. The summed E-state index contributed by atoms with van der Waals surface area (Å²) in [5.74, 6) is 1.03. The third-order valence-electron chi connectivity index (χ3n) is 4.40. The summed E-state index contributed by atoms with van der Waals surface area (Å²) < 4.78 is 6.70. The number of hydrogen-bond donors (Lipinski definition) is 1. The minimum absolute atomic E-state index is 0.0824. The standard InChI is InChI=1S/C22H19N3O3S2/c1-14-12-25-20(26)11-16(23-22(25)30-14)13-29-19-6-4-3-5-18(19)24-21(27)15-7-9-17(28-2)10-8-15/h3-12H,13H2,1-2H3,(H,24,27). The Morgan fingerprint density at radius 3 is 2.73 bits per heavy atom. The SMILES string of the molecule is COc1ccc(C(=O)Nc2ccccc2SCc2cc(=O)n3cc(C)sc3n2)cc1. The van der Waals surface area contributed by atoms with E-state index in [4.69, 9.17) is 4.74 Å². The summed E-state index contributed by atoms with van der Waals surface area (Å²) in [6, 6.07) is 16.1. The number of aryl methyl sites for hydroxylation is 1. The number of carbonyl (C=O) groups excluding carboxylic acids is 1. The van der Waals surface area contributed by atoms with Gasteiger partial charge in [-0.05, 0) is 43.3 Å². The Bertz CT molecular complexity index is 1260. The van der Waals surface area contributed by atoms with Crippen LogP contribution in [-0.2, 0) is 5.75 Å². The van der Waals surface area contributed by atoms with Crippen molar-refractivity contribution in [3.8, 4) is 5.75 Å². The molecule has 0 aliphatic rings. The van der Waals surface area contributed by atoms with Crippen LogP contribution in [0.4, 0.5) is 5.69 Å². The lowest BCUT2D eigenvalue weighted by molar-refractivity contribution is 0.102. The lowest BCUT2D eigenvalue weighted by Gasteiger charge is -2.11. The number of nitrogens with zero attached hydrogens (tertiary/aromatic N) is 2. The molecule has 0 fully saturated rings. The molecule has 6 nitrogen and oxygen atoms in total. The van der Waals surface area contributed by atoms with Gasteiger partial charge in [-0.3, -0.25) is 14.0 Å². The van der Waals surface area contributed by atoms with Crippen LogP contribution in [-0.4, -0.2) is 22.4 Å². The van der Waals surface area contributed by atoms with Gasteiger partial charge in [0.15, 0.2) is 4.96 Å². The number of carbonyl (C=O) groups is 1. The molecule has 0 aliphatic carbocycles. The first-order valence-electron chi connectivity index (χ1n) is 9.19. The van der Waals surface area contributed by atoms with Crippen molar-refractivity contribution in [3.63, 3.8) is 0 Å². The van der Waals surface area contributed by atoms with E-state index in [0.29, 0.717) is 33.4 Å². The van der Waals surface area contributed by atoms with E-state index in [1.807, 2.05) is 31.2 Å². The number of amides is 1. The Morgan fingerprint density at radius 1 is 1.20 bits per heavy atom. The maximum atomic E-state index is 12.6. The van der Waals surface area contributed by atoms with Crippen molar-refractivity contribution in [2.75, 3.05) is 12.4 Å². The number of anilines is 1. The Hall–Kier alpha value is -3.10. The molecule has 0 bridgehead atoms. The molecule has 1 N–H and O–H groups in total. The highest BCUT2D eigenvalue weighted by molar-refractivity contribution is 7.98. The molecule has 0 atom stereocenters. The third kappa shape index (κ3) is 4.39. The van der Waals surface area contributed by atoms with Gasteiger partial charge in [0.2, 0.25) is 0 Å². The van der Waals surface area contributed by atoms with E-state index in [1.54, 1.807) is 48.0 Å². The molecule has 4 aromatic rings. The van der Waals surface area contributed by atoms with E-state index in [9.17, 15) is 9.59 Å². The van der Waals surface area contributed by atoms with E-state index < -0.39 is 0 Å². The minimum Gasteiger partial charge on any atom is -0.497 e. The monoisotopic (exact) mass is 437 g/mol. The second-order valence-corrected chi connectivity index (χ2v) is 8.78. The number of nitrogens with one attached hydrogen (secondary N) is 1. The Morgan fingerprint density at radius 2 is 1.97 bits per heavy atom. The summed E-state index contributed by atoms with van der Waals surface area (Å²) in [7, 11) is 1.59. The van der Waals surface area contributed by atoms with Crippen molar-refractivity contribution in [1.29, 1.82) is 0 Å². The number of rotatable bonds is 6. The molecule has 0 radical (unpaired) electrons. The predicted octanol–water partition coefficient (Wildman–Crippen LogP) is 4.62. The zero-order valence-electron chi connectivity index (χ0n) is 16.4. The van der Waals surface area contributed by atoms with Crippen LogP contribution in [0.15, 0.2) is 70.5 Å². The average molecular weight is 438 g/mol. The van der Waals surface area contributed by atoms with Gasteiger partial charge in [-0.2, -0.15) is 0 Å². The van der Waals surface area contributed by atoms with Gasteiger partial charge in [0.05, 0.1) is 18.5 Å². The molecular formula is C22H19N3O3S2. The first-order chi connectivity index (χ1) is 14.5. The van der Waals surface area contributed by atoms with Crippen LogP contribution in [0.5, 0.6) is 5.75 Å². The fraction of sp³-hybridized carbons (Fsp3) is 0.136. The fourth-order valence-electron chi connectivity index (χ4n) is 2.92. The molecule has 2 aromatic carbocycles. The Labute approximate surface area is 181 Å². The number of thioether (sulfide) groups is 1. The van der Waals surface area contributed by atoms with E-state index >= 15 is 0 Å². The Balaban J connectivity index is 1.50. The van der Waals surface area contributed by atoms with Gasteiger partial charge in [-0.15, -0.1) is 23.1 Å². The molecule has 1 amide bonds. The minimum atomic E-state index is -0.197. The summed E-state index contributed by atoms with van der Waals surface area (Å²) in [6.45, 7) is 1.95. The fourth-order valence-corrected chi connectivity index (χ4v) is 4.67. The highest BCUT2D eigenvalue weighted by atomic mass is 32.2. The third-order valence-corrected chi connectivity index (χ3v) is 6.40. The summed E-state index contributed by atoms with van der Waals surface area (Å²) in [5, 5.41) is 2.96. The van der Waals surface area contributed by atoms with Gasteiger partial charge >= 0.3 is 0 Å². The highest BCUT2D eigenvalue weighted by Gasteiger charge is 2.11. The first-order valence-corrected chi connectivity index (χ1v) is 11.0. The zero-order chi connectivity index (χ0) is 21.1. The molecule has 4 rings (SSSR count). The quantitative estimate of drug-likeness (QED) is 0.446. The molecule has 8 heteroatoms. The molecule has 30 heavy (non-hydrogen) atoms. The number of ether oxygens (including phenoxy) is 1. The largest absolute Gasteiger partial charge is 0.497 e. The second kappa shape index (κ2) is 8.73. The van der Waals surface area contributed by atoms with E-state index in [2.05, 4.69) is 10.3 Å². The van der Waals surface area contributed by atoms with Crippen LogP contribution in [0.2, 0.25) is 0 Å². The van der Waals surface area contributed by atoms with Crippen LogP contribution in [0, 0.1) is 6.92 Å². The van der Waals surface area contributed by atoms with Crippen LogP contribution < -0.4 is 15.6 Å². The van der Waals surface area contributed by atoms with Crippen LogP contribution >= 0.6 is 23.1 Å². The number of hydrogen-bond acceptors (Lipinski definition) is 6. The summed E-state index contributed by atoms with van der Waals surface area (Å²) in [4.78, 5) is 32.1. The lowest BCUT2D eigenvalue weighted by atomic mass is 10.2. The maximum Gasteiger partial charge on any atom is 0.258 e. The van der Waals surface area contributed by atoms with Crippen molar-refractivity contribution in [1.82, 2.24) is 9.38 Å². The summed E-state index contributed by atoms with van der Waals surface area (Å²) in [5.41, 5.74) is 1.89. The van der Waals surface area contributed by atoms with Crippen LogP contribution in [0.25, 0.3) is 4.96 Å². The van der Waals surface area contributed by atoms with Gasteiger partial charge in [0.25, 0.3) is 11.5 Å². The lowest BCUT2D eigenvalue weighted by Crippen LogP contribution is -2.13. The van der Waals surface area contributed by atoms with Crippen LogP contribution in [0.1, 0.15) is 20.9 Å². The molecule has 0 saturated carbocycles. The van der Waals surface area contributed by atoms with Gasteiger partial charge in [0.1, 0.15) is 5.75 Å². The van der Waals surface area contributed by atoms with Gasteiger partial charge < -0.3 is 10.1 Å². The molecule has 0 aliphatic heterocycles. The van der Waals surface area contributed by atoms with E-state index in [0.717, 1.165) is 9.77 Å². The van der Waals surface area contributed by atoms with E-state index in [-0.39, 0.29) is 11.5 Å². The van der Waals surface area contributed by atoms with Crippen molar-refractivity contribution in [3.05, 3.63) is 87.3 Å². The van der Waals surface area contributed by atoms with Gasteiger partial charge in [-0.25, -0.2) is 4.98 Å². The van der Waals surface area contributed by atoms with Gasteiger partial charge in [0, 0.05) is 33.4 Å². The number of fused-ring (bicyclic) bond motifs is 1. The highest BCUT2D eigenvalue weighted by Crippen LogP contribution is 2.30. The Kier molecular flexibility index (Phi) is 5.87. The summed E-state index contributed by atoms with van der Waals surface area (Å²) in [6.07, 6.45) is 1.80. The average Bonchev–Trinajstić information content (AvgIpc) is 3.14. The summed E-state index contributed by atoms with van der Waals surface area (Å²) >= 11 is 3.02. The zero-order valence-corrected chi connectivity index (χ0v) is 18.0. The maximum absolute atomic E-state index is 12.6. The molecule has 0 unspecified atom stereocenters. The normalized spacial score (nSPS) is 10.9. The predicted molar refractivity (Wildman–Crippen MR) is 121 cm³/mol. The molecule has 2 aromatic heterocycles. The number of benzene rings is 2. The topological polar surface area (TPSA) is 72.7 Å². The molecular weight excluding hydrogens is 418 g/mol. The van der Waals surface area contributed by atoms with Crippen molar-refractivity contribution in [2.45, 2.75) is 17.6 Å². The number of methoxy groups -OCH3 is 1. The van der Waals surface area contributed by atoms with Crippen molar-refractivity contribution >= 4 is 39.7 Å². The van der Waals surface area contributed by atoms with Gasteiger partial charge in [-0.1, -0.05) is 12.1 Å². The first kappa shape index (κ1) is 20.2.